The first-order chi connectivity index (χ1) is 16.1. The van der Waals surface area contributed by atoms with Crippen LogP contribution < -0.4 is 20.3 Å². The Kier molecular flexibility index (Phi) is 6.80. The minimum Gasteiger partial charge on any atom is -0.497 e. The van der Waals surface area contributed by atoms with E-state index in [0.29, 0.717) is 30.2 Å². The van der Waals surface area contributed by atoms with Crippen molar-refractivity contribution in [3.8, 4) is 17.0 Å². The van der Waals surface area contributed by atoms with E-state index in [0.717, 1.165) is 36.7 Å². The van der Waals surface area contributed by atoms with Crippen LogP contribution in [0.15, 0.2) is 61.3 Å². The summed E-state index contributed by atoms with van der Waals surface area (Å²) < 4.78 is 25.4. The van der Waals surface area contributed by atoms with E-state index in [1.807, 2.05) is 24.3 Å². The Morgan fingerprint density at radius 1 is 1.21 bits per heavy atom. The van der Waals surface area contributed by atoms with Gasteiger partial charge in [0.25, 0.3) is 0 Å². The summed E-state index contributed by atoms with van der Waals surface area (Å²) in [4.78, 5) is 22.4. The van der Waals surface area contributed by atoms with Gasteiger partial charge >= 0.3 is 0 Å². The summed E-state index contributed by atoms with van der Waals surface area (Å²) >= 11 is 0. The fourth-order valence-corrected chi connectivity index (χ4v) is 3.48. The number of carbonyl (C=O) groups is 1. The van der Waals surface area contributed by atoms with Gasteiger partial charge in [0.05, 0.1) is 26.5 Å². The van der Waals surface area contributed by atoms with E-state index in [-0.39, 0.29) is 17.5 Å². The van der Waals surface area contributed by atoms with Crippen molar-refractivity contribution in [1.82, 2.24) is 9.97 Å². The number of aromatic nitrogens is 2. The number of methoxy groups -OCH3 is 1. The fourth-order valence-electron chi connectivity index (χ4n) is 3.48. The van der Waals surface area contributed by atoms with E-state index >= 15 is 0 Å². The molecule has 9 heteroatoms. The molecule has 1 amide bonds. The van der Waals surface area contributed by atoms with Gasteiger partial charge in [-0.2, -0.15) is 0 Å². The summed E-state index contributed by atoms with van der Waals surface area (Å²) in [5, 5.41) is 5.80. The molecule has 0 aliphatic carbocycles. The maximum absolute atomic E-state index is 14.7. The Labute approximate surface area is 191 Å². The summed E-state index contributed by atoms with van der Waals surface area (Å²) in [5.41, 5.74) is 2.77. The van der Waals surface area contributed by atoms with Crippen molar-refractivity contribution in [3.63, 3.8) is 0 Å². The van der Waals surface area contributed by atoms with E-state index in [1.165, 1.54) is 7.11 Å². The van der Waals surface area contributed by atoms with Crippen LogP contribution in [0.4, 0.5) is 27.4 Å². The van der Waals surface area contributed by atoms with E-state index in [2.05, 4.69) is 32.1 Å². The molecule has 1 aromatic heterocycles. The van der Waals surface area contributed by atoms with Gasteiger partial charge in [-0.15, -0.1) is 0 Å². The molecule has 3 aromatic rings. The van der Waals surface area contributed by atoms with Crippen molar-refractivity contribution in [2.75, 3.05) is 48.9 Å². The molecular weight excluding hydrogens is 425 g/mol. The van der Waals surface area contributed by atoms with Gasteiger partial charge in [0.1, 0.15) is 11.4 Å². The molecule has 1 aliphatic rings. The standard InChI is InChI=1S/C24H24FN5O3/c1-3-22(31)27-18-11-16(12-20(14-18)32-2)23-21(25)15-26-24(29-23)28-17-5-4-6-19(13-17)30-7-9-33-10-8-30/h3-6,11-15H,1,7-10H2,2H3,(H,27,31)(H,26,28,29). The molecule has 0 bridgehead atoms. The molecule has 0 radical (unpaired) electrons. The lowest BCUT2D eigenvalue weighted by Crippen LogP contribution is -2.36. The second-order valence-electron chi connectivity index (χ2n) is 7.31. The normalized spacial score (nSPS) is 13.3. The van der Waals surface area contributed by atoms with E-state index in [9.17, 15) is 9.18 Å². The van der Waals surface area contributed by atoms with Gasteiger partial charge in [-0.05, 0) is 36.4 Å². The van der Waals surface area contributed by atoms with E-state index in [4.69, 9.17) is 9.47 Å². The molecule has 2 heterocycles. The number of halogens is 1. The number of nitrogens with zero attached hydrogens (tertiary/aromatic N) is 3. The molecule has 2 aromatic carbocycles. The zero-order valence-corrected chi connectivity index (χ0v) is 18.2. The minimum atomic E-state index is -0.600. The van der Waals surface area contributed by atoms with E-state index in [1.54, 1.807) is 18.2 Å². The van der Waals surface area contributed by atoms with Crippen molar-refractivity contribution in [3.05, 3.63) is 67.1 Å². The molecule has 8 nitrogen and oxygen atoms in total. The maximum Gasteiger partial charge on any atom is 0.247 e. The van der Waals surface area contributed by atoms with Crippen LogP contribution in [0.1, 0.15) is 0 Å². The SMILES string of the molecule is C=CC(=O)Nc1cc(OC)cc(-c2nc(Nc3cccc(N4CCOCC4)c3)ncc2F)c1. The quantitative estimate of drug-likeness (QED) is 0.527. The molecule has 0 atom stereocenters. The zero-order chi connectivity index (χ0) is 23.2. The Balaban J connectivity index is 1.62. The number of carbonyl (C=O) groups excluding carboxylic acids is 1. The third-order valence-corrected chi connectivity index (χ3v) is 5.09. The minimum absolute atomic E-state index is 0.0739. The number of rotatable bonds is 7. The molecule has 2 N–H and O–H groups in total. The van der Waals surface area contributed by atoms with Crippen LogP contribution in [-0.2, 0) is 9.53 Å². The summed E-state index contributed by atoms with van der Waals surface area (Å²) in [7, 11) is 1.49. The molecule has 33 heavy (non-hydrogen) atoms. The number of nitrogens with one attached hydrogen (secondary N) is 2. The lowest BCUT2D eigenvalue weighted by atomic mass is 10.1. The highest BCUT2D eigenvalue weighted by atomic mass is 19.1. The van der Waals surface area contributed by atoms with Gasteiger partial charge in [-0.25, -0.2) is 14.4 Å². The first-order valence-corrected chi connectivity index (χ1v) is 10.4. The van der Waals surface area contributed by atoms with Crippen molar-refractivity contribution >= 4 is 28.9 Å². The highest BCUT2D eigenvalue weighted by Crippen LogP contribution is 2.30. The zero-order valence-electron chi connectivity index (χ0n) is 18.2. The second kappa shape index (κ2) is 10.1. The molecule has 1 saturated heterocycles. The van der Waals surface area contributed by atoms with Crippen molar-refractivity contribution in [2.24, 2.45) is 0 Å². The molecule has 170 valence electrons. The monoisotopic (exact) mass is 449 g/mol. The summed E-state index contributed by atoms with van der Waals surface area (Å²) in [5.74, 6) is -0.306. The van der Waals surface area contributed by atoms with Gasteiger partial charge in [0.2, 0.25) is 11.9 Å². The molecule has 1 fully saturated rings. The second-order valence-corrected chi connectivity index (χ2v) is 7.31. The fraction of sp³-hybridized carbons (Fsp3) is 0.208. The predicted molar refractivity (Wildman–Crippen MR) is 126 cm³/mol. The van der Waals surface area contributed by atoms with Crippen LogP contribution in [0.3, 0.4) is 0 Å². The van der Waals surface area contributed by atoms with Gasteiger partial charge in [0.15, 0.2) is 5.82 Å². The largest absolute Gasteiger partial charge is 0.497 e. The summed E-state index contributed by atoms with van der Waals surface area (Å²) in [6.07, 6.45) is 2.26. The van der Waals surface area contributed by atoms with Crippen LogP contribution in [0.2, 0.25) is 0 Å². The molecule has 0 spiro atoms. The highest BCUT2D eigenvalue weighted by Gasteiger charge is 2.15. The smallest absolute Gasteiger partial charge is 0.247 e. The Morgan fingerprint density at radius 3 is 2.79 bits per heavy atom. The van der Waals surface area contributed by atoms with Crippen molar-refractivity contribution in [2.45, 2.75) is 0 Å². The first-order valence-electron chi connectivity index (χ1n) is 10.4. The highest BCUT2D eigenvalue weighted by molar-refractivity contribution is 5.99. The van der Waals surface area contributed by atoms with Crippen LogP contribution in [0.5, 0.6) is 5.75 Å². The lowest BCUT2D eigenvalue weighted by molar-refractivity contribution is -0.111. The average Bonchev–Trinajstić information content (AvgIpc) is 2.85. The van der Waals surface area contributed by atoms with Gasteiger partial charge in [0, 0.05) is 41.8 Å². The number of hydrogen-bond acceptors (Lipinski definition) is 7. The topological polar surface area (TPSA) is 88.6 Å². The van der Waals surface area contributed by atoms with Crippen molar-refractivity contribution < 1.29 is 18.7 Å². The van der Waals surface area contributed by atoms with Crippen LogP contribution in [0.25, 0.3) is 11.3 Å². The number of morpholine rings is 1. The van der Waals surface area contributed by atoms with Gasteiger partial charge < -0.3 is 25.0 Å². The molecule has 0 unspecified atom stereocenters. The number of hydrogen-bond donors (Lipinski definition) is 2. The first kappa shape index (κ1) is 22.2. The van der Waals surface area contributed by atoms with Crippen LogP contribution in [-0.4, -0.2) is 49.3 Å². The number of anilines is 4. The van der Waals surface area contributed by atoms with Crippen LogP contribution in [0, 0.1) is 5.82 Å². The molecule has 0 saturated carbocycles. The number of ether oxygens (including phenoxy) is 2. The average molecular weight is 449 g/mol. The number of amides is 1. The molecular formula is C24H24FN5O3. The van der Waals surface area contributed by atoms with Gasteiger partial charge in [-0.1, -0.05) is 12.6 Å². The third kappa shape index (κ3) is 5.45. The molecule has 4 rings (SSSR count). The van der Waals surface area contributed by atoms with Crippen molar-refractivity contribution in [1.29, 1.82) is 0 Å². The number of benzene rings is 2. The Morgan fingerprint density at radius 2 is 2.03 bits per heavy atom. The molecule has 1 aliphatic heterocycles. The van der Waals surface area contributed by atoms with E-state index < -0.39 is 5.82 Å². The Hall–Kier alpha value is -3.98. The van der Waals surface area contributed by atoms with Crippen LogP contribution >= 0.6 is 0 Å². The summed E-state index contributed by atoms with van der Waals surface area (Å²) in [6.45, 7) is 6.47. The predicted octanol–water partition coefficient (Wildman–Crippen LogP) is 4.00. The Bertz CT molecular complexity index is 1160. The maximum atomic E-state index is 14.7. The lowest BCUT2D eigenvalue weighted by Gasteiger charge is -2.29. The summed E-state index contributed by atoms with van der Waals surface area (Å²) in [6, 6.07) is 12.7. The van der Waals surface area contributed by atoms with Gasteiger partial charge in [-0.3, -0.25) is 4.79 Å². The third-order valence-electron chi connectivity index (χ3n) is 5.09.